The first-order valence-corrected chi connectivity index (χ1v) is 7.84. The zero-order valence-corrected chi connectivity index (χ0v) is 14.3. The van der Waals surface area contributed by atoms with Gasteiger partial charge in [-0.25, -0.2) is 4.39 Å². The lowest BCUT2D eigenvalue weighted by molar-refractivity contribution is -0.160. The first-order valence-electron chi connectivity index (χ1n) is 7.84. The average molecular weight is 359 g/mol. The van der Waals surface area contributed by atoms with Gasteiger partial charge >= 0.3 is 11.9 Å². The van der Waals surface area contributed by atoms with Gasteiger partial charge in [0.25, 0.3) is 0 Å². The van der Waals surface area contributed by atoms with E-state index in [-0.39, 0.29) is 12.1 Å². The summed E-state index contributed by atoms with van der Waals surface area (Å²) in [5.41, 5.74) is 1.00. The molecule has 2 aromatic rings. The summed E-state index contributed by atoms with van der Waals surface area (Å²) in [6, 6.07) is 12.4. The fraction of sp³-hybridized carbons (Fsp3) is 0.263. The van der Waals surface area contributed by atoms with Gasteiger partial charge < -0.3 is 9.47 Å². The summed E-state index contributed by atoms with van der Waals surface area (Å²) in [4.78, 5) is 35.6. The quantitative estimate of drug-likeness (QED) is 0.429. The molecular weight excluding hydrogens is 341 g/mol. The van der Waals surface area contributed by atoms with Crippen molar-refractivity contribution in [2.45, 2.75) is 12.3 Å². The zero-order valence-electron chi connectivity index (χ0n) is 14.3. The minimum absolute atomic E-state index is 0.0839. The molecule has 26 heavy (non-hydrogen) atoms. The van der Waals surface area contributed by atoms with Crippen LogP contribution >= 0.6 is 0 Å². The highest BCUT2D eigenvalue weighted by atomic mass is 19.1. The van der Waals surface area contributed by atoms with Crippen molar-refractivity contribution in [1.29, 1.82) is 0 Å². The molecule has 0 fully saturated rings. The van der Waals surface area contributed by atoms with Crippen LogP contribution < -0.4 is 0 Å². The van der Waals surface area contributed by atoms with Crippen molar-refractivity contribution in [3.63, 3.8) is 0 Å². The zero-order chi connectivity index (χ0) is 19.1. The number of nitrogens with zero attached hydrogens (tertiary/aromatic N) is 1. The molecule has 136 valence electrons. The summed E-state index contributed by atoms with van der Waals surface area (Å²) >= 11 is 0. The van der Waals surface area contributed by atoms with E-state index < -0.39 is 29.6 Å². The van der Waals surface area contributed by atoms with Gasteiger partial charge in [0.05, 0.1) is 14.2 Å². The van der Waals surface area contributed by atoms with E-state index in [1.54, 1.807) is 30.3 Å². The molecule has 1 atom stereocenters. The summed E-state index contributed by atoms with van der Waals surface area (Å²) in [6.07, 6.45) is 0.0975. The summed E-state index contributed by atoms with van der Waals surface area (Å²) in [5, 5.41) is 2.85. The Kier molecular flexibility index (Phi) is 6.54. The number of ether oxygens (including phenoxy) is 2. The van der Waals surface area contributed by atoms with Gasteiger partial charge in [-0.05, 0) is 28.8 Å². The van der Waals surface area contributed by atoms with Crippen molar-refractivity contribution in [2.75, 3.05) is 14.2 Å². The maximum absolute atomic E-state index is 13.4. The second-order valence-corrected chi connectivity index (χ2v) is 5.61. The molecule has 0 spiro atoms. The van der Waals surface area contributed by atoms with Crippen molar-refractivity contribution in [1.82, 2.24) is 0 Å². The van der Waals surface area contributed by atoms with E-state index >= 15 is 0 Å². The molecule has 0 saturated heterocycles. The first-order chi connectivity index (χ1) is 12.5. The molecule has 0 aliphatic rings. The summed E-state index contributed by atoms with van der Waals surface area (Å²) < 4.78 is 22.9. The maximum atomic E-state index is 13.4. The Bertz CT molecular complexity index is 778. The topological polar surface area (TPSA) is 82.0 Å². The van der Waals surface area contributed by atoms with Crippen LogP contribution in [0.2, 0.25) is 0 Å². The van der Waals surface area contributed by atoms with Crippen LogP contribution in [0.25, 0.3) is 0 Å². The lowest BCUT2D eigenvalue weighted by Gasteiger charge is -2.24. The minimum atomic E-state index is -1.24. The molecule has 0 amide bonds. The smallest absolute Gasteiger partial charge is 0.320 e. The van der Waals surface area contributed by atoms with Gasteiger partial charge in [-0.2, -0.15) is 0 Å². The molecule has 0 aliphatic carbocycles. The maximum Gasteiger partial charge on any atom is 0.320 e. The van der Waals surface area contributed by atoms with Gasteiger partial charge in [-0.3, -0.25) is 9.59 Å². The highest BCUT2D eigenvalue weighted by Gasteiger charge is 2.38. The molecule has 2 rings (SSSR count). The number of carbonyl (C=O) groups excluding carboxylic acids is 2. The predicted octanol–water partition coefficient (Wildman–Crippen LogP) is 3.51. The third-order valence-electron chi connectivity index (χ3n) is 4.13. The molecule has 0 bridgehead atoms. The van der Waals surface area contributed by atoms with E-state index in [1.807, 2.05) is 0 Å². The van der Waals surface area contributed by atoms with E-state index in [2.05, 4.69) is 5.18 Å². The summed E-state index contributed by atoms with van der Waals surface area (Å²) in [7, 11) is 2.35. The van der Waals surface area contributed by atoms with Gasteiger partial charge in [-0.1, -0.05) is 36.4 Å². The molecule has 6 nitrogen and oxygen atoms in total. The number of benzene rings is 2. The first kappa shape index (κ1) is 19.2. The van der Waals surface area contributed by atoms with Gasteiger partial charge in [0.1, 0.15) is 11.5 Å². The Morgan fingerprint density at radius 3 is 2.19 bits per heavy atom. The third-order valence-corrected chi connectivity index (χ3v) is 4.13. The Morgan fingerprint density at radius 1 is 1.04 bits per heavy atom. The van der Waals surface area contributed by atoms with Crippen LogP contribution in [0.3, 0.4) is 0 Å². The molecule has 1 unspecified atom stereocenters. The minimum Gasteiger partial charge on any atom is -0.468 e. The van der Waals surface area contributed by atoms with Gasteiger partial charge in [0.15, 0.2) is 5.92 Å². The standard InChI is InChI=1S/C19H18FNO5/c1-25-18(22)17(19(23)26-2)15(12-6-4-3-5-7-12)10-13-8-9-14(20)11-16(13)21-24/h3-9,11,15,17H,10H2,1-2H3. The van der Waals surface area contributed by atoms with Crippen LogP contribution in [-0.4, -0.2) is 26.2 Å². The van der Waals surface area contributed by atoms with Crippen molar-refractivity contribution in [3.05, 3.63) is 70.4 Å². The normalized spacial score (nSPS) is 11.7. The lowest BCUT2D eigenvalue weighted by Crippen LogP contribution is -2.33. The molecule has 0 heterocycles. The Labute approximate surface area is 149 Å². The molecule has 0 aliphatic heterocycles. The molecule has 0 N–H and O–H groups in total. The molecule has 2 aromatic carbocycles. The SMILES string of the molecule is COC(=O)C(C(=O)OC)C(Cc1ccc(F)cc1N=O)c1ccccc1. The lowest BCUT2D eigenvalue weighted by atomic mass is 9.81. The number of methoxy groups -OCH3 is 2. The third kappa shape index (κ3) is 4.30. The van der Waals surface area contributed by atoms with Crippen molar-refractivity contribution in [3.8, 4) is 0 Å². The van der Waals surface area contributed by atoms with Gasteiger partial charge in [0, 0.05) is 12.0 Å². The molecule has 0 saturated carbocycles. The number of halogens is 1. The highest BCUT2D eigenvalue weighted by Crippen LogP contribution is 2.34. The van der Waals surface area contributed by atoms with E-state index in [9.17, 15) is 18.9 Å². The molecule has 0 radical (unpaired) electrons. The Balaban J connectivity index is 2.52. The van der Waals surface area contributed by atoms with Crippen LogP contribution in [0, 0.1) is 16.6 Å². The second kappa shape index (κ2) is 8.84. The van der Waals surface area contributed by atoms with E-state index in [0.29, 0.717) is 11.1 Å². The van der Waals surface area contributed by atoms with Gasteiger partial charge in [0.2, 0.25) is 0 Å². The molecule has 7 heteroatoms. The molecular formula is C19H18FNO5. The summed E-state index contributed by atoms with van der Waals surface area (Å²) in [5.74, 6) is -4.03. The number of hydrogen-bond acceptors (Lipinski definition) is 6. The number of esters is 2. The fourth-order valence-electron chi connectivity index (χ4n) is 2.84. The second-order valence-electron chi connectivity index (χ2n) is 5.61. The van der Waals surface area contributed by atoms with Gasteiger partial charge in [-0.15, -0.1) is 4.91 Å². The number of hydrogen-bond donors (Lipinski definition) is 0. The van der Waals surface area contributed by atoms with Crippen LogP contribution in [0.4, 0.5) is 10.1 Å². The van der Waals surface area contributed by atoms with E-state index in [4.69, 9.17) is 9.47 Å². The Hall–Kier alpha value is -3.09. The molecule has 0 aromatic heterocycles. The largest absolute Gasteiger partial charge is 0.468 e. The highest BCUT2D eigenvalue weighted by molar-refractivity contribution is 5.96. The van der Waals surface area contributed by atoms with Crippen LogP contribution in [0.15, 0.2) is 53.7 Å². The van der Waals surface area contributed by atoms with Crippen molar-refractivity contribution in [2.24, 2.45) is 11.1 Å². The number of carbonyl (C=O) groups is 2. The van der Waals surface area contributed by atoms with Crippen LogP contribution in [0.1, 0.15) is 17.0 Å². The van der Waals surface area contributed by atoms with Crippen LogP contribution in [-0.2, 0) is 25.5 Å². The average Bonchev–Trinajstić information content (AvgIpc) is 2.68. The predicted molar refractivity (Wildman–Crippen MR) is 92.3 cm³/mol. The van der Waals surface area contributed by atoms with Crippen LogP contribution in [0.5, 0.6) is 0 Å². The van der Waals surface area contributed by atoms with E-state index in [1.165, 1.54) is 26.4 Å². The van der Waals surface area contributed by atoms with E-state index in [0.717, 1.165) is 6.07 Å². The van der Waals surface area contributed by atoms with Crippen molar-refractivity contribution < 1.29 is 23.5 Å². The monoisotopic (exact) mass is 359 g/mol. The van der Waals surface area contributed by atoms with Crippen molar-refractivity contribution >= 4 is 17.6 Å². The number of rotatable bonds is 7. The number of nitroso groups, excluding NO2 is 1. The fourth-order valence-corrected chi connectivity index (χ4v) is 2.84. The summed E-state index contributed by atoms with van der Waals surface area (Å²) in [6.45, 7) is 0. The Morgan fingerprint density at radius 2 is 1.65 bits per heavy atom.